The van der Waals surface area contributed by atoms with E-state index >= 15 is 0 Å². The highest BCUT2D eigenvalue weighted by molar-refractivity contribution is 7.98. The molecule has 1 aliphatic rings. The van der Waals surface area contributed by atoms with Crippen molar-refractivity contribution in [3.63, 3.8) is 0 Å². The van der Waals surface area contributed by atoms with E-state index in [1.165, 1.54) is 4.90 Å². The first-order valence-corrected chi connectivity index (χ1v) is 8.19. The first kappa shape index (κ1) is 13.7. The largest absolute Gasteiger partial charge is 0.489 e. The molecule has 0 N–H and O–H groups in total. The van der Waals surface area contributed by atoms with Crippen LogP contribution in [0.1, 0.15) is 11.4 Å². The minimum atomic E-state index is 0.502. The molecule has 0 fully saturated rings. The molecule has 4 rings (SSSR count). The number of nitrogens with zero attached hydrogens (tertiary/aromatic N) is 3. The molecule has 6 heteroatoms. The summed E-state index contributed by atoms with van der Waals surface area (Å²) < 4.78 is 7.89. The van der Waals surface area contributed by atoms with Gasteiger partial charge in [0.25, 0.3) is 0 Å². The first-order chi connectivity index (χ1) is 10.8. The lowest BCUT2D eigenvalue weighted by Crippen LogP contribution is -2.06. The minimum Gasteiger partial charge on any atom is -0.489 e. The second-order valence-corrected chi connectivity index (χ2v) is 6.41. The third-order valence-corrected chi connectivity index (χ3v) is 4.74. The maximum Gasteiger partial charge on any atom is 0.147 e. The van der Waals surface area contributed by atoms with Crippen molar-refractivity contribution in [1.29, 1.82) is 0 Å². The summed E-state index contributed by atoms with van der Waals surface area (Å²) in [6.45, 7) is 0.502. The molecule has 2 aromatic carbocycles. The van der Waals surface area contributed by atoms with Crippen molar-refractivity contribution in [2.24, 2.45) is 0 Å². The zero-order valence-corrected chi connectivity index (χ0v) is 13.1. The lowest BCUT2D eigenvalue weighted by atomic mass is 10.2. The topological polar surface area (TPSA) is 39.9 Å². The Morgan fingerprint density at radius 1 is 1.23 bits per heavy atom. The maximum atomic E-state index is 5.99. The van der Waals surface area contributed by atoms with E-state index in [9.17, 15) is 0 Å². The molecular formula is C16H12ClN3OS. The second kappa shape index (κ2) is 5.66. The molecule has 1 aliphatic heterocycles. The van der Waals surface area contributed by atoms with E-state index in [0.717, 1.165) is 33.6 Å². The highest BCUT2D eigenvalue weighted by atomic mass is 35.5. The number of aromatic nitrogens is 3. The zero-order valence-electron chi connectivity index (χ0n) is 11.6. The molecule has 3 aromatic rings. The summed E-state index contributed by atoms with van der Waals surface area (Å²) in [6, 6.07) is 13.8. The van der Waals surface area contributed by atoms with Gasteiger partial charge in [-0.2, -0.15) is 0 Å². The van der Waals surface area contributed by atoms with Gasteiger partial charge in [0, 0.05) is 9.92 Å². The van der Waals surface area contributed by atoms with Crippen molar-refractivity contribution < 1.29 is 4.74 Å². The normalized spacial score (nSPS) is 12.6. The van der Waals surface area contributed by atoms with E-state index in [1.807, 2.05) is 41.0 Å². The summed E-state index contributed by atoms with van der Waals surface area (Å²) in [5.41, 5.74) is 2.16. The number of fused-ring (bicyclic) bond motifs is 3. The number of hydrogen-bond acceptors (Lipinski definition) is 4. The molecule has 0 aliphatic carbocycles. The van der Waals surface area contributed by atoms with Crippen LogP contribution in [0, 0.1) is 0 Å². The fourth-order valence-electron chi connectivity index (χ4n) is 2.39. The third-order valence-electron chi connectivity index (χ3n) is 3.46. The Morgan fingerprint density at radius 2 is 2.18 bits per heavy atom. The highest BCUT2D eigenvalue weighted by Gasteiger charge is 2.17. The lowest BCUT2D eigenvalue weighted by molar-refractivity contribution is 0.305. The quantitative estimate of drug-likeness (QED) is 0.725. The van der Waals surface area contributed by atoms with Gasteiger partial charge in [0.15, 0.2) is 0 Å². The van der Waals surface area contributed by atoms with Crippen molar-refractivity contribution in [2.45, 2.75) is 17.3 Å². The molecule has 4 nitrogen and oxygen atoms in total. The SMILES string of the molecule is Clc1cccc(COc2ccc3c(c2)SCc2nncn2-3)c1. The van der Waals surface area contributed by atoms with Gasteiger partial charge in [0.05, 0.1) is 11.4 Å². The van der Waals surface area contributed by atoms with Crippen LogP contribution in [0.25, 0.3) is 5.69 Å². The van der Waals surface area contributed by atoms with Gasteiger partial charge < -0.3 is 4.74 Å². The third kappa shape index (κ3) is 2.58. The molecule has 0 atom stereocenters. The van der Waals surface area contributed by atoms with Crippen LogP contribution in [0.3, 0.4) is 0 Å². The van der Waals surface area contributed by atoms with Crippen LogP contribution in [-0.2, 0) is 12.4 Å². The van der Waals surface area contributed by atoms with Gasteiger partial charge in [0.2, 0.25) is 0 Å². The van der Waals surface area contributed by atoms with Crippen LogP contribution in [0.4, 0.5) is 0 Å². The minimum absolute atomic E-state index is 0.502. The summed E-state index contributed by atoms with van der Waals surface area (Å²) in [7, 11) is 0. The lowest BCUT2D eigenvalue weighted by Gasteiger charge is -2.18. The van der Waals surface area contributed by atoms with Gasteiger partial charge in [-0.15, -0.1) is 22.0 Å². The molecule has 22 heavy (non-hydrogen) atoms. The van der Waals surface area contributed by atoms with Crippen LogP contribution in [-0.4, -0.2) is 14.8 Å². The summed E-state index contributed by atoms with van der Waals surface area (Å²) in [6.07, 6.45) is 1.75. The molecule has 2 heterocycles. The highest BCUT2D eigenvalue weighted by Crippen LogP contribution is 2.36. The number of halogens is 1. The molecule has 1 aromatic heterocycles. The Morgan fingerprint density at radius 3 is 3.09 bits per heavy atom. The summed E-state index contributed by atoms with van der Waals surface area (Å²) in [5, 5.41) is 8.80. The molecule has 0 unspecified atom stereocenters. The average Bonchev–Trinajstić information content (AvgIpc) is 3.01. The maximum absolute atomic E-state index is 5.99. The van der Waals surface area contributed by atoms with Crippen LogP contribution in [0.5, 0.6) is 5.75 Å². The molecule has 0 bridgehead atoms. The zero-order chi connectivity index (χ0) is 14.9. The Labute approximate surface area is 137 Å². The molecule has 0 spiro atoms. The number of rotatable bonds is 3. The second-order valence-electron chi connectivity index (χ2n) is 4.95. The predicted molar refractivity (Wildman–Crippen MR) is 86.7 cm³/mol. The monoisotopic (exact) mass is 329 g/mol. The molecule has 0 saturated carbocycles. The summed E-state index contributed by atoms with van der Waals surface area (Å²) in [5.74, 6) is 2.65. The first-order valence-electron chi connectivity index (χ1n) is 6.83. The Hall–Kier alpha value is -1.98. The van der Waals surface area contributed by atoms with Crippen molar-refractivity contribution in [2.75, 3.05) is 0 Å². The number of ether oxygens (including phenoxy) is 1. The van der Waals surface area contributed by atoms with E-state index in [1.54, 1.807) is 18.1 Å². The molecule has 0 amide bonds. The van der Waals surface area contributed by atoms with Gasteiger partial charge >= 0.3 is 0 Å². The number of thioether (sulfide) groups is 1. The van der Waals surface area contributed by atoms with Crippen molar-refractivity contribution in [1.82, 2.24) is 14.8 Å². The van der Waals surface area contributed by atoms with Crippen LogP contribution in [0.15, 0.2) is 53.7 Å². The van der Waals surface area contributed by atoms with Crippen LogP contribution < -0.4 is 4.74 Å². The van der Waals surface area contributed by atoms with E-state index < -0.39 is 0 Å². The predicted octanol–water partition coefficient (Wildman–Crippen LogP) is 4.11. The fourth-order valence-corrected chi connectivity index (χ4v) is 3.60. The van der Waals surface area contributed by atoms with E-state index in [0.29, 0.717) is 6.61 Å². The van der Waals surface area contributed by atoms with Crippen LogP contribution in [0.2, 0.25) is 5.02 Å². The van der Waals surface area contributed by atoms with Gasteiger partial charge in [-0.25, -0.2) is 0 Å². The Balaban J connectivity index is 1.55. The summed E-state index contributed by atoms with van der Waals surface area (Å²) in [4.78, 5) is 1.18. The smallest absolute Gasteiger partial charge is 0.147 e. The number of hydrogen-bond donors (Lipinski definition) is 0. The van der Waals surface area contributed by atoms with Gasteiger partial charge in [-0.1, -0.05) is 23.7 Å². The average molecular weight is 330 g/mol. The van der Waals surface area contributed by atoms with Gasteiger partial charge in [-0.05, 0) is 35.9 Å². The Kier molecular flexibility index (Phi) is 3.52. The van der Waals surface area contributed by atoms with Crippen LogP contribution >= 0.6 is 23.4 Å². The van der Waals surface area contributed by atoms with E-state index in [-0.39, 0.29) is 0 Å². The Bertz CT molecular complexity index is 834. The van der Waals surface area contributed by atoms with Crippen molar-refractivity contribution in [3.05, 3.63) is 65.2 Å². The fraction of sp³-hybridized carbons (Fsp3) is 0.125. The summed E-state index contributed by atoms with van der Waals surface area (Å²) >= 11 is 7.73. The van der Waals surface area contributed by atoms with E-state index in [4.69, 9.17) is 16.3 Å². The van der Waals surface area contributed by atoms with Crippen molar-refractivity contribution in [3.8, 4) is 11.4 Å². The van der Waals surface area contributed by atoms with Crippen molar-refractivity contribution >= 4 is 23.4 Å². The number of benzene rings is 2. The van der Waals surface area contributed by atoms with E-state index in [2.05, 4.69) is 16.3 Å². The molecule has 0 saturated heterocycles. The molecule has 0 radical (unpaired) electrons. The standard InChI is InChI=1S/C16H12ClN3OS/c17-12-3-1-2-11(6-12)8-21-13-4-5-14-15(7-13)22-9-16-19-18-10-20(14)16/h1-7,10H,8-9H2. The molecule has 110 valence electrons. The van der Waals surface area contributed by atoms with Gasteiger partial charge in [0.1, 0.15) is 24.5 Å². The molecular weight excluding hydrogens is 318 g/mol. The van der Waals surface area contributed by atoms with Gasteiger partial charge in [-0.3, -0.25) is 4.57 Å².